The summed E-state index contributed by atoms with van der Waals surface area (Å²) in [6, 6.07) is 2.07. The molecule has 0 atom stereocenters. The van der Waals surface area contributed by atoms with Crippen LogP contribution in [0.1, 0.15) is 33.3 Å². The van der Waals surface area contributed by atoms with E-state index < -0.39 is 0 Å². The van der Waals surface area contributed by atoms with E-state index in [1.165, 1.54) is 5.56 Å². The summed E-state index contributed by atoms with van der Waals surface area (Å²) in [5, 5.41) is 3.40. The smallest absolute Gasteiger partial charge is 0.242 e. The summed E-state index contributed by atoms with van der Waals surface area (Å²) in [6.07, 6.45) is 4.03. The van der Waals surface area contributed by atoms with Gasteiger partial charge in [0.25, 0.3) is 0 Å². The van der Waals surface area contributed by atoms with Gasteiger partial charge in [0.15, 0.2) is 0 Å². The topological polar surface area (TPSA) is 37.3 Å². The van der Waals surface area contributed by atoms with Gasteiger partial charge < -0.3 is 14.8 Å². The van der Waals surface area contributed by atoms with E-state index in [2.05, 4.69) is 31.4 Å². The van der Waals surface area contributed by atoms with E-state index in [1.54, 1.807) is 0 Å². The minimum Gasteiger partial charge on any atom is -0.345 e. The molecular weight excluding hydrogens is 238 g/mol. The predicted molar refractivity (Wildman–Crippen MR) is 78.9 cm³/mol. The van der Waals surface area contributed by atoms with Crippen LogP contribution in [0, 0.1) is 5.92 Å². The highest BCUT2D eigenvalue weighted by Crippen LogP contribution is 2.03. The van der Waals surface area contributed by atoms with Crippen molar-refractivity contribution in [2.24, 2.45) is 5.92 Å². The standard InChI is InChI=1S/C15H27N3O/c1-5-18(6-2)15(19)12-17-8-7-14(11-17)10-16-9-13(3)4/h7-8,11,13,16H,5-6,9-10,12H2,1-4H3. The molecular formula is C15H27N3O. The van der Waals surface area contributed by atoms with Gasteiger partial charge in [-0.3, -0.25) is 4.79 Å². The fourth-order valence-corrected chi connectivity index (χ4v) is 2.03. The van der Waals surface area contributed by atoms with E-state index in [4.69, 9.17) is 0 Å². The molecule has 0 fully saturated rings. The fourth-order valence-electron chi connectivity index (χ4n) is 2.03. The molecule has 1 aromatic heterocycles. The van der Waals surface area contributed by atoms with Crippen molar-refractivity contribution in [1.29, 1.82) is 0 Å². The van der Waals surface area contributed by atoms with Gasteiger partial charge >= 0.3 is 0 Å². The molecule has 0 aliphatic rings. The van der Waals surface area contributed by atoms with Gasteiger partial charge in [0, 0.05) is 32.0 Å². The fraction of sp³-hybridized carbons (Fsp3) is 0.667. The summed E-state index contributed by atoms with van der Waals surface area (Å²) in [4.78, 5) is 13.8. The first-order valence-corrected chi connectivity index (χ1v) is 7.19. The summed E-state index contributed by atoms with van der Waals surface area (Å²) in [7, 11) is 0. The van der Waals surface area contributed by atoms with Gasteiger partial charge in [-0.2, -0.15) is 0 Å². The zero-order chi connectivity index (χ0) is 14.3. The van der Waals surface area contributed by atoms with Gasteiger partial charge in [0.05, 0.1) is 0 Å². The van der Waals surface area contributed by atoms with Crippen molar-refractivity contribution < 1.29 is 4.79 Å². The van der Waals surface area contributed by atoms with Crippen LogP contribution >= 0.6 is 0 Å². The molecule has 0 aliphatic carbocycles. The Morgan fingerprint density at radius 1 is 1.37 bits per heavy atom. The number of nitrogens with one attached hydrogen (secondary N) is 1. The Hall–Kier alpha value is -1.29. The lowest BCUT2D eigenvalue weighted by atomic mass is 10.2. The number of likely N-dealkylation sites (N-methyl/N-ethyl adjacent to an activating group) is 1. The molecule has 0 unspecified atom stereocenters. The van der Waals surface area contributed by atoms with Crippen LogP contribution in [-0.4, -0.2) is 35.0 Å². The average Bonchev–Trinajstić information content (AvgIpc) is 2.78. The molecule has 1 rings (SSSR count). The molecule has 0 saturated carbocycles. The first-order chi connectivity index (χ1) is 9.06. The third kappa shape index (κ3) is 5.47. The molecule has 1 N–H and O–H groups in total. The van der Waals surface area contributed by atoms with Gasteiger partial charge in [-0.15, -0.1) is 0 Å². The lowest BCUT2D eigenvalue weighted by Gasteiger charge is -2.18. The Morgan fingerprint density at radius 2 is 2.05 bits per heavy atom. The second-order valence-electron chi connectivity index (χ2n) is 5.28. The van der Waals surface area contributed by atoms with Crippen LogP contribution in [0.15, 0.2) is 18.5 Å². The molecule has 0 bridgehead atoms. The van der Waals surface area contributed by atoms with E-state index in [0.717, 1.165) is 26.2 Å². The summed E-state index contributed by atoms with van der Waals surface area (Å²) in [5.74, 6) is 0.841. The van der Waals surface area contributed by atoms with Crippen LogP contribution in [0.5, 0.6) is 0 Å². The Labute approximate surface area is 116 Å². The molecule has 0 radical (unpaired) electrons. The molecule has 1 heterocycles. The number of hydrogen-bond donors (Lipinski definition) is 1. The van der Waals surface area contributed by atoms with Crippen LogP contribution in [0.3, 0.4) is 0 Å². The molecule has 0 spiro atoms. The highest BCUT2D eigenvalue weighted by molar-refractivity contribution is 5.75. The Morgan fingerprint density at radius 3 is 2.63 bits per heavy atom. The second kappa shape index (κ2) is 8.00. The number of carbonyl (C=O) groups excluding carboxylic acids is 1. The van der Waals surface area contributed by atoms with Crippen LogP contribution in [-0.2, 0) is 17.9 Å². The predicted octanol–water partition coefficient (Wildman–Crippen LogP) is 2.10. The largest absolute Gasteiger partial charge is 0.345 e. The summed E-state index contributed by atoms with van der Waals surface area (Å²) < 4.78 is 1.97. The summed E-state index contributed by atoms with van der Waals surface area (Å²) >= 11 is 0. The molecule has 0 aliphatic heterocycles. The van der Waals surface area contributed by atoms with Crippen LogP contribution < -0.4 is 5.32 Å². The number of hydrogen-bond acceptors (Lipinski definition) is 2. The normalized spacial score (nSPS) is 11.0. The van der Waals surface area contributed by atoms with E-state index in [9.17, 15) is 4.79 Å². The van der Waals surface area contributed by atoms with Gasteiger partial charge in [-0.25, -0.2) is 0 Å². The lowest BCUT2D eigenvalue weighted by Crippen LogP contribution is -2.33. The molecule has 19 heavy (non-hydrogen) atoms. The van der Waals surface area contributed by atoms with Gasteiger partial charge in [0.1, 0.15) is 6.54 Å². The lowest BCUT2D eigenvalue weighted by molar-refractivity contribution is -0.131. The van der Waals surface area contributed by atoms with Crippen molar-refractivity contribution in [3.8, 4) is 0 Å². The number of carbonyl (C=O) groups is 1. The molecule has 0 aromatic carbocycles. The maximum atomic E-state index is 12.0. The summed E-state index contributed by atoms with van der Waals surface area (Å²) in [5.41, 5.74) is 1.23. The average molecular weight is 265 g/mol. The Bertz CT molecular complexity index is 380. The molecule has 4 heteroatoms. The summed E-state index contributed by atoms with van der Waals surface area (Å²) in [6.45, 7) is 12.3. The minimum absolute atomic E-state index is 0.183. The Balaban J connectivity index is 2.44. The van der Waals surface area contributed by atoms with E-state index in [-0.39, 0.29) is 5.91 Å². The van der Waals surface area contributed by atoms with Crippen molar-refractivity contribution in [1.82, 2.24) is 14.8 Å². The van der Waals surface area contributed by atoms with Gasteiger partial charge in [-0.1, -0.05) is 13.8 Å². The maximum absolute atomic E-state index is 12.0. The zero-order valence-electron chi connectivity index (χ0n) is 12.6. The van der Waals surface area contributed by atoms with Crippen LogP contribution in [0.2, 0.25) is 0 Å². The first kappa shape index (κ1) is 15.8. The number of amides is 1. The highest BCUT2D eigenvalue weighted by atomic mass is 16.2. The van der Waals surface area contributed by atoms with Gasteiger partial charge in [-0.05, 0) is 37.9 Å². The van der Waals surface area contributed by atoms with Crippen molar-refractivity contribution in [3.05, 3.63) is 24.0 Å². The first-order valence-electron chi connectivity index (χ1n) is 7.19. The van der Waals surface area contributed by atoms with Crippen LogP contribution in [0.4, 0.5) is 0 Å². The Kier molecular flexibility index (Phi) is 6.64. The minimum atomic E-state index is 0.183. The second-order valence-corrected chi connectivity index (χ2v) is 5.28. The number of nitrogens with zero attached hydrogens (tertiary/aromatic N) is 2. The quantitative estimate of drug-likeness (QED) is 0.781. The van der Waals surface area contributed by atoms with E-state index in [0.29, 0.717) is 12.5 Å². The van der Waals surface area contributed by atoms with Crippen molar-refractivity contribution in [2.75, 3.05) is 19.6 Å². The van der Waals surface area contributed by atoms with Crippen molar-refractivity contribution in [2.45, 2.75) is 40.8 Å². The molecule has 0 saturated heterocycles. The highest BCUT2D eigenvalue weighted by Gasteiger charge is 2.09. The number of rotatable bonds is 8. The zero-order valence-corrected chi connectivity index (χ0v) is 12.6. The van der Waals surface area contributed by atoms with Crippen molar-refractivity contribution in [3.63, 3.8) is 0 Å². The SMILES string of the molecule is CCN(CC)C(=O)Cn1ccc(CNCC(C)C)c1. The van der Waals surface area contributed by atoms with Crippen LogP contribution in [0.25, 0.3) is 0 Å². The third-order valence-electron chi connectivity index (χ3n) is 3.13. The molecule has 1 amide bonds. The van der Waals surface area contributed by atoms with Crippen molar-refractivity contribution >= 4 is 5.91 Å². The molecule has 108 valence electrons. The van der Waals surface area contributed by atoms with E-state index >= 15 is 0 Å². The molecule has 1 aromatic rings. The monoisotopic (exact) mass is 265 g/mol. The van der Waals surface area contributed by atoms with E-state index in [1.807, 2.05) is 29.5 Å². The third-order valence-corrected chi connectivity index (χ3v) is 3.13. The molecule has 4 nitrogen and oxygen atoms in total. The maximum Gasteiger partial charge on any atom is 0.242 e. The van der Waals surface area contributed by atoms with Gasteiger partial charge in [0.2, 0.25) is 5.91 Å². The number of aromatic nitrogens is 1.